The molecule has 1 aliphatic rings. The summed E-state index contributed by atoms with van der Waals surface area (Å²) in [6, 6.07) is 8.12. The number of hydrogen-bond donors (Lipinski definition) is 2. The van der Waals surface area contributed by atoms with Crippen molar-refractivity contribution in [2.75, 3.05) is 12.8 Å². The van der Waals surface area contributed by atoms with E-state index in [1.807, 2.05) is 0 Å². The Morgan fingerprint density at radius 2 is 2.15 bits per heavy atom. The van der Waals surface area contributed by atoms with Gasteiger partial charge in [-0.3, -0.25) is 9.09 Å². The Morgan fingerprint density at radius 1 is 1.45 bits per heavy atom. The van der Waals surface area contributed by atoms with Gasteiger partial charge >= 0.3 is 13.6 Å². The number of carboxylic acids is 1. The molecule has 0 radical (unpaired) electrons. The van der Waals surface area contributed by atoms with Crippen molar-refractivity contribution in [3.05, 3.63) is 35.9 Å². The molecule has 110 valence electrons. The summed E-state index contributed by atoms with van der Waals surface area (Å²) in [7, 11) is -4.02. The average Bonchev–Trinajstić information content (AvgIpc) is 2.89. The highest BCUT2D eigenvalue weighted by molar-refractivity contribution is 7.52. The molecule has 1 fully saturated rings. The van der Waals surface area contributed by atoms with Gasteiger partial charge in [-0.25, -0.2) is 4.79 Å². The summed E-state index contributed by atoms with van der Waals surface area (Å²) in [5.41, 5.74) is 0.335. The molecule has 0 saturated carbocycles. The smallest absolute Gasteiger partial charge is 0.338 e. The molecular formula is C13H17O6P. The van der Waals surface area contributed by atoms with Gasteiger partial charge in [0.05, 0.1) is 12.3 Å². The van der Waals surface area contributed by atoms with Crippen molar-refractivity contribution in [2.45, 2.75) is 25.0 Å². The maximum atomic E-state index is 12.0. The van der Waals surface area contributed by atoms with Gasteiger partial charge in [0.1, 0.15) is 0 Å². The fraction of sp³-hybridized carbons (Fsp3) is 0.462. The molecule has 20 heavy (non-hydrogen) atoms. The summed E-state index contributed by atoms with van der Waals surface area (Å²) >= 11 is 0. The molecule has 2 N–H and O–H groups in total. The van der Waals surface area contributed by atoms with Crippen molar-refractivity contribution >= 4 is 13.6 Å². The molecule has 3 atom stereocenters. The summed E-state index contributed by atoms with van der Waals surface area (Å²) in [6.07, 6.45) is -0.434. The molecule has 0 aliphatic carbocycles. The first-order chi connectivity index (χ1) is 9.48. The summed E-state index contributed by atoms with van der Waals surface area (Å²) in [5, 5.41) is 9.16. The molecule has 6 nitrogen and oxygen atoms in total. The van der Waals surface area contributed by atoms with E-state index in [0.717, 1.165) is 6.42 Å². The lowest BCUT2D eigenvalue weighted by Crippen LogP contribution is -2.18. The lowest BCUT2D eigenvalue weighted by Gasteiger charge is -2.20. The monoisotopic (exact) mass is 300 g/mol. The number of carboxylic acid groups (broad SMARTS) is 1. The number of ether oxygens (including phenoxy) is 1. The van der Waals surface area contributed by atoms with Crippen LogP contribution in [-0.4, -0.2) is 34.8 Å². The molecule has 0 amide bonds. The number of hydrogen-bond acceptors (Lipinski definition) is 4. The molecule has 1 saturated heterocycles. The summed E-state index contributed by atoms with van der Waals surface area (Å²) in [5.74, 6) is -1.29. The maximum absolute atomic E-state index is 12.0. The fourth-order valence-corrected chi connectivity index (χ4v) is 3.56. The number of benzene rings is 1. The van der Waals surface area contributed by atoms with Crippen LogP contribution in [-0.2, 0) is 18.6 Å². The highest BCUT2D eigenvalue weighted by Gasteiger charge is 2.34. The van der Waals surface area contributed by atoms with E-state index >= 15 is 0 Å². The summed E-state index contributed by atoms with van der Waals surface area (Å²) in [4.78, 5) is 21.1. The largest absolute Gasteiger partial charge is 0.479 e. The molecule has 3 unspecified atom stereocenters. The quantitative estimate of drug-likeness (QED) is 0.782. The van der Waals surface area contributed by atoms with Crippen LogP contribution < -0.4 is 0 Å². The molecule has 1 aromatic carbocycles. The molecule has 0 aromatic heterocycles. The minimum absolute atomic E-state index is 0.177. The van der Waals surface area contributed by atoms with E-state index in [9.17, 15) is 14.3 Å². The molecule has 1 heterocycles. The van der Waals surface area contributed by atoms with Crippen molar-refractivity contribution in [3.63, 3.8) is 0 Å². The van der Waals surface area contributed by atoms with E-state index in [4.69, 9.17) is 14.4 Å². The molecule has 1 aliphatic heterocycles. The highest BCUT2D eigenvalue weighted by atomic mass is 31.2. The van der Waals surface area contributed by atoms with E-state index in [2.05, 4.69) is 0 Å². The Morgan fingerprint density at radius 3 is 2.70 bits per heavy atom. The van der Waals surface area contributed by atoms with E-state index in [-0.39, 0.29) is 12.3 Å². The predicted octanol–water partition coefficient (Wildman–Crippen LogP) is 2.19. The van der Waals surface area contributed by atoms with Crippen LogP contribution in [0.15, 0.2) is 30.3 Å². The second-order valence-corrected chi connectivity index (χ2v) is 6.54. The maximum Gasteiger partial charge on any atom is 0.338 e. The predicted molar refractivity (Wildman–Crippen MR) is 71.6 cm³/mol. The Kier molecular flexibility index (Phi) is 4.94. The Bertz CT molecular complexity index is 497. The van der Waals surface area contributed by atoms with Crippen LogP contribution in [0.1, 0.15) is 24.5 Å². The Labute approximate surface area is 116 Å². The van der Waals surface area contributed by atoms with Gasteiger partial charge in [-0.1, -0.05) is 30.3 Å². The standard InChI is InChI=1S/C13H17O6P/c14-13(15)12(10-5-2-1-3-6-10)19-20(16,17)9-11-7-4-8-18-11/h1-3,5-6,11-12H,4,7-9H2,(H,14,15)(H,16,17). The molecule has 2 rings (SSSR count). The third-order valence-electron chi connectivity index (χ3n) is 3.06. The van der Waals surface area contributed by atoms with Crippen molar-refractivity contribution in [3.8, 4) is 0 Å². The van der Waals surface area contributed by atoms with E-state index in [1.54, 1.807) is 30.3 Å². The zero-order valence-electron chi connectivity index (χ0n) is 10.8. The van der Waals surface area contributed by atoms with Gasteiger partial charge in [0.25, 0.3) is 0 Å². The average molecular weight is 300 g/mol. The lowest BCUT2D eigenvalue weighted by molar-refractivity contribution is -0.145. The topological polar surface area (TPSA) is 93.1 Å². The number of aliphatic carboxylic acids is 1. The SMILES string of the molecule is O=C(O)C(OP(=O)(O)CC1CCCO1)c1ccccc1. The first-order valence-electron chi connectivity index (χ1n) is 6.37. The van der Waals surface area contributed by atoms with Gasteiger partial charge in [-0.05, 0) is 18.4 Å². The first-order valence-corrected chi connectivity index (χ1v) is 8.14. The normalized spacial score (nSPS) is 23.1. The van der Waals surface area contributed by atoms with Crippen LogP contribution in [0.5, 0.6) is 0 Å². The molecular weight excluding hydrogens is 283 g/mol. The van der Waals surface area contributed by atoms with E-state index in [1.165, 1.54) is 0 Å². The highest BCUT2D eigenvalue weighted by Crippen LogP contribution is 2.48. The zero-order valence-corrected chi connectivity index (χ0v) is 11.7. The second kappa shape index (κ2) is 6.50. The van der Waals surface area contributed by atoms with Gasteiger partial charge < -0.3 is 14.7 Å². The first kappa shape index (κ1) is 15.2. The van der Waals surface area contributed by atoms with Crippen molar-refractivity contribution in [2.24, 2.45) is 0 Å². The molecule has 7 heteroatoms. The number of rotatable bonds is 6. The van der Waals surface area contributed by atoms with E-state index in [0.29, 0.717) is 18.6 Å². The van der Waals surface area contributed by atoms with Crippen LogP contribution >= 0.6 is 7.60 Å². The van der Waals surface area contributed by atoms with Gasteiger partial charge in [0.2, 0.25) is 0 Å². The molecule has 1 aromatic rings. The lowest BCUT2D eigenvalue weighted by atomic mass is 10.1. The summed E-state index contributed by atoms with van der Waals surface area (Å²) < 4.78 is 22.3. The van der Waals surface area contributed by atoms with Crippen molar-refractivity contribution in [1.29, 1.82) is 0 Å². The van der Waals surface area contributed by atoms with Gasteiger partial charge in [-0.2, -0.15) is 0 Å². The van der Waals surface area contributed by atoms with Crippen molar-refractivity contribution < 1.29 is 28.6 Å². The summed E-state index contributed by atoms with van der Waals surface area (Å²) in [6.45, 7) is 0.561. The van der Waals surface area contributed by atoms with Gasteiger partial charge in [0.15, 0.2) is 6.10 Å². The van der Waals surface area contributed by atoms with Crippen LogP contribution in [0.4, 0.5) is 0 Å². The molecule has 0 spiro atoms. The van der Waals surface area contributed by atoms with Crippen LogP contribution in [0.2, 0.25) is 0 Å². The second-order valence-electron chi connectivity index (χ2n) is 4.69. The zero-order chi connectivity index (χ0) is 14.6. The minimum atomic E-state index is -4.02. The van der Waals surface area contributed by atoms with Gasteiger partial charge in [-0.15, -0.1) is 0 Å². The van der Waals surface area contributed by atoms with E-state index < -0.39 is 19.7 Å². The minimum Gasteiger partial charge on any atom is -0.479 e. The Hall–Kier alpha value is -1.20. The third-order valence-corrected chi connectivity index (χ3v) is 4.46. The third kappa shape index (κ3) is 4.15. The fourth-order valence-electron chi connectivity index (χ4n) is 2.13. The van der Waals surface area contributed by atoms with Crippen LogP contribution in [0.3, 0.4) is 0 Å². The van der Waals surface area contributed by atoms with Crippen LogP contribution in [0.25, 0.3) is 0 Å². The van der Waals surface area contributed by atoms with Crippen molar-refractivity contribution in [1.82, 2.24) is 0 Å². The Balaban J connectivity index is 2.07. The molecule has 0 bridgehead atoms. The van der Waals surface area contributed by atoms with Gasteiger partial charge in [0, 0.05) is 6.61 Å². The number of carbonyl (C=O) groups is 1. The van der Waals surface area contributed by atoms with Crippen LogP contribution in [0, 0.1) is 0 Å².